The lowest BCUT2D eigenvalue weighted by atomic mass is 10.1. The smallest absolute Gasteiger partial charge is 0.322 e. The summed E-state index contributed by atoms with van der Waals surface area (Å²) in [4.78, 5) is 21.0. The number of carbonyl (C=O) groups is 2. The van der Waals surface area contributed by atoms with Crippen LogP contribution in [0, 0.1) is 5.92 Å². The van der Waals surface area contributed by atoms with Crippen LogP contribution in [0.2, 0.25) is 0 Å². The zero-order valence-corrected chi connectivity index (χ0v) is 7.07. The Morgan fingerprint density at radius 1 is 1.42 bits per heavy atom. The Labute approximate surface area is 70.4 Å². The van der Waals surface area contributed by atoms with Gasteiger partial charge in [0.25, 0.3) is 0 Å². The van der Waals surface area contributed by atoms with Gasteiger partial charge in [-0.25, -0.2) is 0 Å². The molecule has 12 heavy (non-hydrogen) atoms. The van der Waals surface area contributed by atoms with E-state index in [-0.39, 0.29) is 0 Å². The van der Waals surface area contributed by atoms with Crippen LogP contribution >= 0.6 is 0 Å². The maximum Gasteiger partial charge on any atom is 0.322 e. The van der Waals surface area contributed by atoms with Crippen molar-refractivity contribution in [2.24, 2.45) is 5.92 Å². The number of carbonyl (C=O) groups excluding carboxylic acids is 1. The summed E-state index contributed by atoms with van der Waals surface area (Å²) in [6, 6.07) is 0. The standard InChI is InChI=1S/C7H13NO4/c1-4(5(2)9)7(12)8-3-6(10)11/h4-5,9H,3H2,1-2H3,(H,8,12)(H,10,11). The molecule has 2 atom stereocenters. The molecule has 0 aliphatic carbocycles. The zero-order chi connectivity index (χ0) is 9.72. The van der Waals surface area contributed by atoms with Crippen molar-refractivity contribution in [3.8, 4) is 0 Å². The van der Waals surface area contributed by atoms with E-state index in [0.29, 0.717) is 0 Å². The van der Waals surface area contributed by atoms with E-state index >= 15 is 0 Å². The molecule has 0 aliphatic heterocycles. The fraction of sp³-hybridized carbons (Fsp3) is 0.714. The molecule has 0 rings (SSSR count). The van der Waals surface area contributed by atoms with E-state index in [0.717, 1.165) is 0 Å². The first-order chi connectivity index (χ1) is 5.45. The van der Waals surface area contributed by atoms with Gasteiger partial charge < -0.3 is 15.5 Å². The van der Waals surface area contributed by atoms with Crippen LogP contribution in [0.1, 0.15) is 13.8 Å². The van der Waals surface area contributed by atoms with Crippen LogP contribution < -0.4 is 5.32 Å². The van der Waals surface area contributed by atoms with Crippen LogP contribution in [-0.4, -0.2) is 34.7 Å². The Morgan fingerprint density at radius 3 is 2.25 bits per heavy atom. The highest BCUT2D eigenvalue weighted by molar-refractivity contribution is 5.82. The number of aliphatic hydroxyl groups is 1. The number of hydrogen-bond donors (Lipinski definition) is 3. The largest absolute Gasteiger partial charge is 0.480 e. The fourth-order valence-corrected chi connectivity index (χ4v) is 0.543. The third kappa shape index (κ3) is 3.92. The second-order valence-electron chi connectivity index (χ2n) is 2.64. The van der Waals surface area contributed by atoms with Gasteiger partial charge in [0.05, 0.1) is 12.0 Å². The quantitative estimate of drug-likeness (QED) is 0.522. The molecular weight excluding hydrogens is 162 g/mol. The lowest BCUT2D eigenvalue weighted by Crippen LogP contribution is -2.37. The number of aliphatic carboxylic acids is 1. The minimum Gasteiger partial charge on any atom is -0.480 e. The Bertz CT molecular complexity index is 178. The maximum absolute atomic E-state index is 11.0. The number of hydrogen-bond acceptors (Lipinski definition) is 3. The molecule has 70 valence electrons. The van der Waals surface area contributed by atoms with E-state index in [2.05, 4.69) is 5.32 Å². The lowest BCUT2D eigenvalue weighted by Gasteiger charge is -2.12. The third-order valence-electron chi connectivity index (χ3n) is 1.55. The molecule has 0 aliphatic rings. The Kier molecular flexibility index (Phi) is 4.28. The summed E-state index contributed by atoms with van der Waals surface area (Å²) in [6.07, 6.45) is -0.765. The molecule has 0 aromatic heterocycles. The van der Waals surface area contributed by atoms with Gasteiger partial charge in [-0.05, 0) is 6.92 Å². The summed E-state index contributed by atoms with van der Waals surface area (Å²) in [6.45, 7) is 2.60. The van der Waals surface area contributed by atoms with Crippen molar-refractivity contribution in [2.45, 2.75) is 20.0 Å². The topological polar surface area (TPSA) is 86.6 Å². The number of carboxylic acids is 1. The van der Waals surface area contributed by atoms with Crippen molar-refractivity contribution in [2.75, 3.05) is 6.54 Å². The molecule has 0 bridgehead atoms. The highest BCUT2D eigenvalue weighted by Gasteiger charge is 2.17. The monoisotopic (exact) mass is 175 g/mol. The van der Waals surface area contributed by atoms with E-state index < -0.39 is 30.4 Å². The van der Waals surface area contributed by atoms with Crippen molar-refractivity contribution in [1.82, 2.24) is 5.32 Å². The average molecular weight is 175 g/mol. The Balaban J connectivity index is 3.80. The summed E-state index contributed by atoms with van der Waals surface area (Å²) >= 11 is 0. The molecule has 0 aromatic rings. The first-order valence-electron chi connectivity index (χ1n) is 3.62. The normalized spacial score (nSPS) is 14.9. The molecule has 0 radical (unpaired) electrons. The molecule has 5 nitrogen and oxygen atoms in total. The van der Waals surface area contributed by atoms with Gasteiger partial charge in [-0.1, -0.05) is 6.92 Å². The van der Waals surface area contributed by atoms with Gasteiger partial charge in [0.1, 0.15) is 6.54 Å². The Hall–Kier alpha value is -1.10. The predicted octanol–water partition coefficient (Wildman–Crippen LogP) is -0.796. The highest BCUT2D eigenvalue weighted by Crippen LogP contribution is 2.00. The van der Waals surface area contributed by atoms with Gasteiger partial charge in [0.2, 0.25) is 5.91 Å². The molecule has 2 unspecified atom stereocenters. The van der Waals surface area contributed by atoms with Crippen LogP contribution in [0.3, 0.4) is 0 Å². The van der Waals surface area contributed by atoms with Crippen LogP contribution in [0.4, 0.5) is 0 Å². The maximum atomic E-state index is 11.0. The minimum absolute atomic E-state index is 0.407. The zero-order valence-electron chi connectivity index (χ0n) is 7.07. The summed E-state index contributed by atoms with van der Waals surface area (Å²) in [5.41, 5.74) is 0. The van der Waals surface area contributed by atoms with Crippen molar-refractivity contribution in [1.29, 1.82) is 0 Å². The van der Waals surface area contributed by atoms with Gasteiger partial charge in [-0.15, -0.1) is 0 Å². The first kappa shape index (κ1) is 10.9. The first-order valence-corrected chi connectivity index (χ1v) is 3.62. The molecule has 3 N–H and O–H groups in total. The molecule has 5 heteroatoms. The van der Waals surface area contributed by atoms with Gasteiger partial charge in [0.15, 0.2) is 0 Å². The predicted molar refractivity (Wildman–Crippen MR) is 41.5 cm³/mol. The number of nitrogens with one attached hydrogen (secondary N) is 1. The van der Waals surface area contributed by atoms with E-state index in [1.807, 2.05) is 0 Å². The van der Waals surface area contributed by atoms with Crippen LogP contribution in [0.5, 0.6) is 0 Å². The van der Waals surface area contributed by atoms with Crippen molar-refractivity contribution in [3.05, 3.63) is 0 Å². The molecule has 0 fully saturated rings. The number of carboxylic acid groups (broad SMARTS) is 1. The lowest BCUT2D eigenvalue weighted by molar-refractivity contribution is -0.139. The average Bonchev–Trinajstić information content (AvgIpc) is 1.98. The van der Waals surface area contributed by atoms with Crippen LogP contribution in [0.25, 0.3) is 0 Å². The van der Waals surface area contributed by atoms with Crippen molar-refractivity contribution < 1.29 is 19.8 Å². The number of rotatable bonds is 4. The molecule has 1 amide bonds. The van der Waals surface area contributed by atoms with E-state index in [4.69, 9.17) is 10.2 Å². The molecule has 0 spiro atoms. The third-order valence-corrected chi connectivity index (χ3v) is 1.55. The minimum atomic E-state index is -1.10. The second kappa shape index (κ2) is 4.71. The van der Waals surface area contributed by atoms with E-state index in [1.54, 1.807) is 0 Å². The molecule has 0 saturated heterocycles. The summed E-state index contributed by atoms with van der Waals surface area (Å²) in [7, 11) is 0. The summed E-state index contributed by atoms with van der Waals surface area (Å²) in [5.74, 6) is -2.13. The van der Waals surface area contributed by atoms with Gasteiger partial charge in [-0.3, -0.25) is 9.59 Å². The second-order valence-corrected chi connectivity index (χ2v) is 2.64. The summed E-state index contributed by atoms with van der Waals surface area (Å²) < 4.78 is 0. The van der Waals surface area contributed by atoms with Crippen LogP contribution in [-0.2, 0) is 9.59 Å². The SMILES string of the molecule is CC(O)C(C)C(=O)NCC(=O)O. The highest BCUT2D eigenvalue weighted by atomic mass is 16.4. The van der Waals surface area contributed by atoms with Crippen molar-refractivity contribution >= 4 is 11.9 Å². The number of aliphatic hydroxyl groups excluding tert-OH is 1. The van der Waals surface area contributed by atoms with Gasteiger partial charge in [-0.2, -0.15) is 0 Å². The van der Waals surface area contributed by atoms with Gasteiger partial charge >= 0.3 is 5.97 Å². The van der Waals surface area contributed by atoms with E-state index in [1.165, 1.54) is 13.8 Å². The molecule has 0 saturated carbocycles. The van der Waals surface area contributed by atoms with E-state index in [9.17, 15) is 9.59 Å². The van der Waals surface area contributed by atoms with Crippen LogP contribution in [0.15, 0.2) is 0 Å². The number of amides is 1. The van der Waals surface area contributed by atoms with Crippen molar-refractivity contribution in [3.63, 3.8) is 0 Å². The summed E-state index contributed by atoms with van der Waals surface area (Å²) in [5, 5.41) is 19.3. The molecule has 0 aromatic carbocycles. The molecular formula is C7H13NO4. The van der Waals surface area contributed by atoms with Gasteiger partial charge in [0, 0.05) is 0 Å². The fourth-order valence-electron chi connectivity index (χ4n) is 0.543. The Morgan fingerprint density at radius 2 is 1.92 bits per heavy atom. The molecule has 0 heterocycles.